The lowest BCUT2D eigenvalue weighted by atomic mass is 9.99. The van der Waals surface area contributed by atoms with E-state index in [0.29, 0.717) is 5.56 Å². The van der Waals surface area contributed by atoms with Gasteiger partial charge in [-0.2, -0.15) is 0 Å². The Morgan fingerprint density at radius 2 is 1.54 bits per heavy atom. The Labute approximate surface area is 167 Å². The van der Waals surface area contributed by atoms with Gasteiger partial charge >= 0.3 is 0 Å². The number of nitrogens with zero attached hydrogens (tertiary/aromatic N) is 2. The fourth-order valence-electron chi connectivity index (χ4n) is 4.80. The molecule has 0 amide bonds. The highest BCUT2D eigenvalue weighted by Crippen LogP contribution is 2.42. The van der Waals surface area contributed by atoms with E-state index in [1.165, 1.54) is 38.1 Å². The molecule has 0 aliphatic rings. The van der Waals surface area contributed by atoms with E-state index in [1.54, 1.807) is 12.3 Å². The third kappa shape index (κ3) is 1.85. The van der Waals surface area contributed by atoms with Gasteiger partial charge in [-0.25, -0.2) is 4.57 Å². The Balaban J connectivity index is 1.82. The molecule has 3 heterocycles. The molecule has 28 heavy (non-hydrogen) atoms. The minimum atomic E-state index is -2.12. The molecule has 2 heteroatoms. The second-order valence-corrected chi connectivity index (χ2v) is 7.62. The molecule has 0 radical (unpaired) electrons. The highest BCUT2D eigenvalue weighted by Gasteiger charge is 2.23. The number of pyridine rings is 1. The first kappa shape index (κ1) is 12.9. The van der Waals surface area contributed by atoms with E-state index in [-0.39, 0.29) is 0 Å². The van der Waals surface area contributed by atoms with Gasteiger partial charge in [-0.1, -0.05) is 48.5 Å². The molecule has 0 fully saturated rings. The number of benzene rings is 3. The van der Waals surface area contributed by atoms with Crippen LogP contribution in [0.4, 0.5) is 0 Å². The Hall–Kier alpha value is -3.39. The minimum absolute atomic E-state index is 0.348. The molecule has 134 valence electrons. The van der Waals surface area contributed by atoms with Crippen LogP contribution < -0.4 is 4.57 Å². The maximum Gasteiger partial charge on any atom is 0.214 e. The molecule has 0 aliphatic heterocycles. The summed E-state index contributed by atoms with van der Waals surface area (Å²) in [6.45, 7) is 0.00214. The van der Waals surface area contributed by atoms with Crippen molar-refractivity contribution in [2.45, 2.75) is 13.8 Å². The SMILES string of the molecule is [2H]C([2H])([2H])c1ccc(-c2c(C)ccc3c4cccc5c6ccccc6n(c23)c54)[n+](C)c1. The molecule has 0 spiro atoms. The fourth-order valence-corrected chi connectivity index (χ4v) is 4.80. The van der Waals surface area contributed by atoms with Gasteiger partial charge in [-0.3, -0.25) is 0 Å². The van der Waals surface area contributed by atoms with Crippen LogP contribution in [0.2, 0.25) is 0 Å². The summed E-state index contributed by atoms with van der Waals surface area (Å²) < 4.78 is 27.6. The predicted molar refractivity (Wildman–Crippen MR) is 117 cm³/mol. The van der Waals surface area contributed by atoms with Crippen molar-refractivity contribution in [1.82, 2.24) is 4.40 Å². The summed E-state index contributed by atoms with van der Waals surface area (Å²) in [7, 11) is 1.93. The van der Waals surface area contributed by atoms with Crippen molar-refractivity contribution in [2.75, 3.05) is 0 Å². The quantitative estimate of drug-likeness (QED) is 0.319. The maximum atomic E-state index is 7.76. The lowest BCUT2D eigenvalue weighted by Crippen LogP contribution is -2.31. The van der Waals surface area contributed by atoms with Crippen LogP contribution in [0.1, 0.15) is 15.2 Å². The number of aromatic nitrogens is 2. The average Bonchev–Trinajstić information content (AvgIpc) is 3.25. The summed E-state index contributed by atoms with van der Waals surface area (Å²) >= 11 is 0. The van der Waals surface area contributed by atoms with Crippen LogP contribution in [0, 0.1) is 13.8 Å². The smallest absolute Gasteiger partial charge is 0.214 e. The van der Waals surface area contributed by atoms with E-state index in [0.717, 1.165) is 16.8 Å². The lowest BCUT2D eigenvalue weighted by molar-refractivity contribution is -0.660. The van der Waals surface area contributed by atoms with Crippen molar-refractivity contribution < 1.29 is 8.68 Å². The molecule has 6 aromatic rings. The summed E-state index contributed by atoms with van der Waals surface area (Å²) in [6, 6.07) is 23.1. The van der Waals surface area contributed by atoms with Crippen molar-refractivity contribution in [1.29, 1.82) is 0 Å². The summed E-state index contributed by atoms with van der Waals surface area (Å²) in [5.74, 6) is 0. The third-order valence-corrected chi connectivity index (χ3v) is 5.98. The molecular weight excluding hydrogens is 340 g/mol. The second-order valence-electron chi connectivity index (χ2n) is 7.62. The zero-order chi connectivity index (χ0) is 21.5. The minimum Gasteiger partial charge on any atom is -0.307 e. The van der Waals surface area contributed by atoms with Gasteiger partial charge in [0.05, 0.1) is 22.1 Å². The Bertz CT molecular complexity index is 1640. The maximum absolute atomic E-state index is 7.76. The van der Waals surface area contributed by atoms with E-state index >= 15 is 0 Å². The van der Waals surface area contributed by atoms with Gasteiger partial charge in [0.1, 0.15) is 7.05 Å². The van der Waals surface area contributed by atoms with E-state index in [2.05, 4.69) is 65.9 Å². The van der Waals surface area contributed by atoms with E-state index in [9.17, 15) is 0 Å². The summed E-state index contributed by atoms with van der Waals surface area (Å²) in [6.07, 6.45) is 1.73. The van der Waals surface area contributed by atoms with Gasteiger partial charge in [0.15, 0.2) is 6.20 Å². The van der Waals surface area contributed by atoms with Gasteiger partial charge in [-0.15, -0.1) is 0 Å². The van der Waals surface area contributed by atoms with Gasteiger partial charge in [0, 0.05) is 37.3 Å². The molecule has 2 nitrogen and oxygen atoms in total. The molecule has 0 unspecified atom stereocenters. The molecule has 0 saturated carbocycles. The van der Waals surface area contributed by atoms with Crippen LogP contribution in [-0.4, -0.2) is 4.40 Å². The largest absolute Gasteiger partial charge is 0.307 e. The summed E-state index contributed by atoms with van der Waals surface area (Å²) in [4.78, 5) is 0. The third-order valence-electron chi connectivity index (χ3n) is 5.98. The van der Waals surface area contributed by atoms with Crippen molar-refractivity contribution in [3.63, 3.8) is 0 Å². The predicted octanol–water partition coefficient (Wildman–Crippen LogP) is 5.95. The molecule has 6 rings (SSSR count). The number of rotatable bonds is 1. The Kier molecular flexibility index (Phi) is 2.45. The monoisotopic (exact) mass is 364 g/mol. The molecule has 0 bridgehead atoms. The second kappa shape index (κ2) is 5.32. The topological polar surface area (TPSA) is 8.29 Å². The number of fused-ring (bicyclic) bond motifs is 6. The molecule has 0 atom stereocenters. The number of hydrogen-bond acceptors (Lipinski definition) is 0. The molecule has 3 aromatic heterocycles. The first-order valence-corrected chi connectivity index (χ1v) is 9.53. The van der Waals surface area contributed by atoms with E-state index in [4.69, 9.17) is 4.11 Å². The first-order chi connectivity index (χ1) is 14.9. The van der Waals surface area contributed by atoms with Crippen LogP contribution in [0.3, 0.4) is 0 Å². The molecular formula is C26H21N2+. The van der Waals surface area contributed by atoms with Gasteiger partial charge in [0.2, 0.25) is 5.69 Å². The molecule has 0 saturated heterocycles. The molecule has 0 aliphatic carbocycles. The highest BCUT2D eigenvalue weighted by atomic mass is 14.9. The highest BCUT2D eigenvalue weighted by molar-refractivity contribution is 6.25. The zero-order valence-electron chi connectivity index (χ0n) is 18.8. The standard InChI is InChI=1S/C26H21N2/c1-16-11-14-23(27(3)15-16)24-17(2)12-13-21-20-9-6-8-19-18-7-4-5-10-22(18)28(25(19)20)26(21)24/h4-15H,1-3H3/q+1/i1D3. The lowest BCUT2D eigenvalue weighted by Gasteiger charge is -2.09. The van der Waals surface area contributed by atoms with Gasteiger partial charge in [0.25, 0.3) is 0 Å². The van der Waals surface area contributed by atoms with Crippen LogP contribution in [0.5, 0.6) is 0 Å². The van der Waals surface area contributed by atoms with Crippen molar-refractivity contribution >= 4 is 38.1 Å². The van der Waals surface area contributed by atoms with Crippen LogP contribution in [-0.2, 0) is 7.05 Å². The molecule has 3 aromatic carbocycles. The number of hydrogen-bond donors (Lipinski definition) is 0. The van der Waals surface area contributed by atoms with Crippen molar-refractivity contribution in [3.05, 3.63) is 84.1 Å². The van der Waals surface area contributed by atoms with E-state index < -0.39 is 6.85 Å². The van der Waals surface area contributed by atoms with Crippen molar-refractivity contribution in [3.8, 4) is 11.3 Å². The van der Waals surface area contributed by atoms with Crippen LogP contribution in [0.15, 0.2) is 72.9 Å². The average molecular weight is 364 g/mol. The van der Waals surface area contributed by atoms with Crippen LogP contribution >= 0.6 is 0 Å². The summed E-state index contributed by atoms with van der Waals surface area (Å²) in [5.41, 5.74) is 7.25. The zero-order valence-corrected chi connectivity index (χ0v) is 15.8. The number of aryl methyl sites for hydroxylation is 3. The van der Waals surface area contributed by atoms with Gasteiger partial charge in [-0.05, 0) is 31.5 Å². The van der Waals surface area contributed by atoms with Gasteiger partial charge < -0.3 is 4.40 Å². The van der Waals surface area contributed by atoms with Crippen molar-refractivity contribution in [2.24, 2.45) is 7.05 Å². The Morgan fingerprint density at radius 3 is 2.36 bits per heavy atom. The molecule has 0 N–H and O–H groups in total. The first-order valence-electron chi connectivity index (χ1n) is 11.0. The fraction of sp³-hybridized carbons (Fsp3) is 0.115. The van der Waals surface area contributed by atoms with Crippen LogP contribution in [0.25, 0.3) is 49.4 Å². The normalized spacial score (nSPS) is 14.1. The van der Waals surface area contributed by atoms with E-state index in [1.807, 2.05) is 17.7 Å². The Morgan fingerprint density at radius 1 is 0.786 bits per heavy atom. The number of para-hydroxylation sites is 2. The summed E-state index contributed by atoms with van der Waals surface area (Å²) in [5, 5.41) is 4.97.